The van der Waals surface area contributed by atoms with Gasteiger partial charge in [-0.2, -0.15) is 10.5 Å². The molecule has 0 fully saturated rings. The van der Waals surface area contributed by atoms with Crippen molar-refractivity contribution in [1.82, 2.24) is 5.32 Å². The average Bonchev–Trinajstić information content (AvgIpc) is 2.83. The minimum Gasteiger partial charge on any atom is -0.497 e. The number of hydrogen-bond donors (Lipinski definition) is 1. The number of halogens is 1. The van der Waals surface area contributed by atoms with Crippen LogP contribution in [-0.4, -0.2) is 13.2 Å². The molecule has 3 atom stereocenters. The van der Waals surface area contributed by atoms with Crippen molar-refractivity contribution >= 4 is 22.6 Å². The van der Waals surface area contributed by atoms with Crippen molar-refractivity contribution in [3.05, 3.63) is 98.6 Å². The van der Waals surface area contributed by atoms with E-state index in [1.807, 2.05) is 42.5 Å². The average molecular weight is 535 g/mol. The SMILES string of the molecule is COc1ccc(C(CC#N)N[C@@H](C)[C@@H](Cc2ccc(I)cc2)c2cccc(C#N)c2)cc1. The van der Waals surface area contributed by atoms with Crippen LogP contribution in [0.5, 0.6) is 5.75 Å². The minimum absolute atomic E-state index is 0.0728. The third kappa shape index (κ3) is 6.32. The second kappa shape index (κ2) is 11.7. The number of nitrogens with zero attached hydrogens (tertiary/aromatic N) is 2. The highest BCUT2D eigenvalue weighted by Crippen LogP contribution is 2.29. The van der Waals surface area contributed by atoms with Gasteiger partial charge in [-0.3, -0.25) is 0 Å². The summed E-state index contributed by atoms with van der Waals surface area (Å²) in [6.07, 6.45) is 1.20. The lowest BCUT2D eigenvalue weighted by Gasteiger charge is -2.30. The van der Waals surface area contributed by atoms with E-state index in [0.29, 0.717) is 12.0 Å². The van der Waals surface area contributed by atoms with Crippen LogP contribution in [0, 0.1) is 26.2 Å². The van der Waals surface area contributed by atoms with Gasteiger partial charge in [-0.25, -0.2) is 0 Å². The summed E-state index contributed by atoms with van der Waals surface area (Å²) in [5, 5.41) is 22.5. The molecule has 3 rings (SSSR count). The van der Waals surface area contributed by atoms with E-state index in [0.717, 1.165) is 23.3 Å². The van der Waals surface area contributed by atoms with E-state index < -0.39 is 0 Å². The molecular weight excluding hydrogens is 509 g/mol. The Morgan fingerprint density at radius 2 is 1.69 bits per heavy atom. The van der Waals surface area contributed by atoms with Gasteiger partial charge in [0.15, 0.2) is 0 Å². The van der Waals surface area contributed by atoms with Gasteiger partial charge in [0.1, 0.15) is 5.75 Å². The number of rotatable bonds is 9. The van der Waals surface area contributed by atoms with Gasteiger partial charge < -0.3 is 10.1 Å². The summed E-state index contributed by atoms with van der Waals surface area (Å²) in [6, 6.07) is 28.8. The van der Waals surface area contributed by atoms with Gasteiger partial charge in [0.25, 0.3) is 0 Å². The zero-order valence-electron chi connectivity index (χ0n) is 18.3. The number of nitriles is 2. The smallest absolute Gasteiger partial charge is 0.118 e. The molecule has 32 heavy (non-hydrogen) atoms. The van der Waals surface area contributed by atoms with Crippen molar-refractivity contribution in [3.8, 4) is 17.9 Å². The zero-order chi connectivity index (χ0) is 22.9. The number of nitrogens with one attached hydrogen (secondary N) is 1. The van der Waals surface area contributed by atoms with Crippen molar-refractivity contribution in [1.29, 1.82) is 10.5 Å². The fraction of sp³-hybridized carbons (Fsp3) is 0.259. The van der Waals surface area contributed by atoms with Crippen LogP contribution in [0.25, 0.3) is 0 Å². The molecule has 0 saturated carbocycles. The van der Waals surface area contributed by atoms with Crippen molar-refractivity contribution in [2.45, 2.75) is 37.8 Å². The van der Waals surface area contributed by atoms with E-state index in [1.54, 1.807) is 7.11 Å². The van der Waals surface area contributed by atoms with Crippen molar-refractivity contribution in [2.75, 3.05) is 7.11 Å². The molecule has 0 aromatic heterocycles. The molecule has 0 aliphatic carbocycles. The molecule has 0 aliphatic heterocycles. The fourth-order valence-electron chi connectivity index (χ4n) is 3.93. The van der Waals surface area contributed by atoms with E-state index in [9.17, 15) is 10.5 Å². The first-order valence-corrected chi connectivity index (χ1v) is 11.6. The van der Waals surface area contributed by atoms with Crippen LogP contribution in [-0.2, 0) is 6.42 Å². The van der Waals surface area contributed by atoms with E-state index in [4.69, 9.17) is 4.74 Å². The summed E-state index contributed by atoms with van der Waals surface area (Å²) in [5.74, 6) is 0.935. The third-order valence-corrected chi connectivity index (χ3v) is 6.41. The van der Waals surface area contributed by atoms with Gasteiger partial charge in [-0.1, -0.05) is 36.4 Å². The lowest BCUT2D eigenvalue weighted by Crippen LogP contribution is -2.36. The molecule has 0 spiro atoms. The summed E-state index contributed by atoms with van der Waals surface area (Å²) < 4.78 is 6.47. The van der Waals surface area contributed by atoms with Crippen LogP contribution in [0.2, 0.25) is 0 Å². The Labute approximate surface area is 204 Å². The fourth-order valence-corrected chi connectivity index (χ4v) is 4.29. The maximum atomic E-state index is 9.45. The van der Waals surface area contributed by atoms with Gasteiger partial charge in [0, 0.05) is 21.6 Å². The molecule has 1 N–H and O–H groups in total. The molecule has 0 amide bonds. The topological polar surface area (TPSA) is 68.8 Å². The van der Waals surface area contributed by atoms with E-state index in [2.05, 4.69) is 77.3 Å². The van der Waals surface area contributed by atoms with Crippen molar-refractivity contribution in [3.63, 3.8) is 0 Å². The predicted molar refractivity (Wildman–Crippen MR) is 135 cm³/mol. The summed E-state index contributed by atoms with van der Waals surface area (Å²) in [5.41, 5.74) is 4.07. The maximum absolute atomic E-state index is 9.45. The van der Waals surface area contributed by atoms with Gasteiger partial charge in [0.2, 0.25) is 0 Å². The monoisotopic (exact) mass is 535 g/mol. The highest BCUT2D eigenvalue weighted by molar-refractivity contribution is 14.1. The molecule has 0 bridgehead atoms. The largest absolute Gasteiger partial charge is 0.497 e. The van der Waals surface area contributed by atoms with Crippen molar-refractivity contribution < 1.29 is 4.74 Å². The van der Waals surface area contributed by atoms with Gasteiger partial charge in [-0.15, -0.1) is 0 Å². The lowest BCUT2D eigenvalue weighted by atomic mass is 9.85. The molecule has 0 aliphatic rings. The Hall–Kier alpha value is -2.87. The Bertz CT molecular complexity index is 1100. The Morgan fingerprint density at radius 1 is 0.969 bits per heavy atom. The van der Waals surface area contributed by atoms with Crippen molar-refractivity contribution in [2.24, 2.45) is 0 Å². The maximum Gasteiger partial charge on any atom is 0.118 e. The highest BCUT2D eigenvalue weighted by Gasteiger charge is 2.24. The van der Waals surface area contributed by atoms with E-state index in [1.165, 1.54) is 9.13 Å². The summed E-state index contributed by atoms with van der Waals surface area (Å²) >= 11 is 2.31. The minimum atomic E-state index is -0.0979. The first kappa shape index (κ1) is 23.8. The molecule has 3 aromatic rings. The molecular formula is C27H26IN3O. The quantitative estimate of drug-likeness (QED) is 0.335. The van der Waals surface area contributed by atoms with Crippen LogP contribution in [0.1, 0.15) is 47.6 Å². The molecule has 3 aromatic carbocycles. The van der Waals surface area contributed by atoms with Gasteiger partial charge in [0.05, 0.1) is 31.2 Å². The second-order valence-corrected chi connectivity index (χ2v) is 9.06. The molecule has 5 heteroatoms. The summed E-state index contributed by atoms with van der Waals surface area (Å²) in [4.78, 5) is 0. The zero-order valence-corrected chi connectivity index (χ0v) is 20.4. The molecule has 0 radical (unpaired) electrons. The Morgan fingerprint density at radius 3 is 2.31 bits per heavy atom. The molecule has 1 unspecified atom stereocenters. The van der Waals surface area contributed by atoms with E-state index >= 15 is 0 Å². The number of hydrogen-bond acceptors (Lipinski definition) is 4. The second-order valence-electron chi connectivity index (χ2n) is 7.82. The van der Waals surface area contributed by atoms with Crippen LogP contribution in [0.15, 0.2) is 72.8 Å². The number of ether oxygens (including phenoxy) is 1. The predicted octanol–water partition coefficient (Wildman–Crippen LogP) is 6.13. The molecule has 162 valence electrons. The van der Waals surface area contributed by atoms with Crippen LogP contribution < -0.4 is 10.1 Å². The number of benzene rings is 3. The third-order valence-electron chi connectivity index (χ3n) is 5.69. The normalized spacial score (nSPS) is 13.4. The number of methoxy groups -OCH3 is 1. The van der Waals surface area contributed by atoms with Crippen LogP contribution in [0.4, 0.5) is 0 Å². The molecule has 4 nitrogen and oxygen atoms in total. The Kier molecular flexibility index (Phi) is 8.67. The van der Waals surface area contributed by atoms with Gasteiger partial charge >= 0.3 is 0 Å². The van der Waals surface area contributed by atoms with Gasteiger partial charge in [-0.05, 0) is 89.0 Å². The van der Waals surface area contributed by atoms with Crippen LogP contribution >= 0.6 is 22.6 Å². The lowest BCUT2D eigenvalue weighted by molar-refractivity contribution is 0.398. The molecule has 0 heterocycles. The first-order valence-electron chi connectivity index (χ1n) is 10.6. The first-order chi connectivity index (χ1) is 15.5. The summed E-state index contributed by atoms with van der Waals surface area (Å²) in [6.45, 7) is 2.16. The highest BCUT2D eigenvalue weighted by atomic mass is 127. The summed E-state index contributed by atoms with van der Waals surface area (Å²) in [7, 11) is 1.65. The van der Waals surface area contributed by atoms with E-state index in [-0.39, 0.29) is 18.0 Å². The standard InChI is InChI=1S/C27H26IN3O/c1-19(31-27(14-15-29)22-8-12-25(32-2)13-9-22)26(17-20-6-10-24(28)11-7-20)23-5-3-4-21(16-23)18-30/h3-13,16,19,26-27,31H,14,17H2,1-2H3/t19-,26+,27?/m0/s1. The molecule has 0 saturated heterocycles. The van der Waals surface area contributed by atoms with Crippen LogP contribution in [0.3, 0.4) is 0 Å². The Balaban J connectivity index is 1.89.